The zero-order valence-electron chi connectivity index (χ0n) is 11.6. The largest absolute Gasteiger partial charge is 0.496 e. The Morgan fingerprint density at radius 2 is 2.14 bits per heavy atom. The molecule has 1 aromatic carbocycles. The van der Waals surface area contributed by atoms with Crippen molar-refractivity contribution >= 4 is 15.9 Å². The second-order valence-corrected chi connectivity index (χ2v) is 5.68. The molecule has 0 amide bonds. The molecule has 0 saturated carbocycles. The Kier molecular flexibility index (Phi) is 5.32. The molecule has 0 bridgehead atoms. The molecule has 1 atom stereocenters. The second-order valence-electron chi connectivity index (χ2n) is 4.82. The molecule has 116 valence electrons. The highest BCUT2D eigenvalue weighted by Crippen LogP contribution is 2.37. The summed E-state index contributed by atoms with van der Waals surface area (Å²) >= 11 is 2.96. The molecular weight excluding hydrogens is 347 g/mol. The van der Waals surface area contributed by atoms with E-state index in [1.54, 1.807) is 6.07 Å². The predicted molar refractivity (Wildman–Crippen MR) is 78.8 cm³/mol. The SMILES string of the molecule is CCNC(C1=CCCCO1)c1ccc(Br)c(C(F)(F)F)c1. The first-order valence-corrected chi connectivity index (χ1v) is 7.65. The van der Waals surface area contributed by atoms with Gasteiger partial charge >= 0.3 is 6.18 Å². The van der Waals surface area contributed by atoms with E-state index in [9.17, 15) is 13.2 Å². The fourth-order valence-corrected chi connectivity index (χ4v) is 2.78. The van der Waals surface area contributed by atoms with Gasteiger partial charge in [-0.2, -0.15) is 13.2 Å². The summed E-state index contributed by atoms with van der Waals surface area (Å²) in [5.74, 6) is 0.707. The molecule has 0 radical (unpaired) electrons. The van der Waals surface area contributed by atoms with Gasteiger partial charge in [0, 0.05) is 4.47 Å². The zero-order valence-corrected chi connectivity index (χ0v) is 13.2. The van der Waals surface area contributed by atoms with Crippen molar-refractivity contribution < 1.29 is 17.9 Å². The van der Waals surface area contributed by atoms with Gasteiger partial charge in [-0.1, -0.05) is 28.9 Å². The smallest absolute Gasteiger partial charge is 0.417 e. The van der Waals surface area contributed by atoms with Gasteiger partial charge in [-0.15, -0.1) is 0 Å². The summed E-state index contributed by atoms with van der Waals surface area (Å²) in [5, 5.41) is 3.19. The first kappa shape index (κ1) is 16.4. The van der Waals surface area contributed by atoms with Crippen LogP contribution in [-0.4, -0.2) is 13.2 Å². The molecule has 0 saturated heterocycles. The number of rotatable bonds is 4. The van der Waals surface area contributed by atoms with Crippen LogP contribution in [0.25, 0.3) is 0 Å². The molecule has 2 rings (SSSR count). The normalized spacial score (nSPS) is 17.1. The molecule has 1 aliphatic rings. The standard InChI is InChI=1S/C15H17BrF3NO/c1-2-20-14(13-5-3-4-8-21-13)10-6-7-12(16)11(9-10)15(17,18)19/h5-7,9,14,20H,2-4,8H2,1H3. The highest BCUT2D eigenvalue weighted by molar-refractivity contribution is 9.10. The lowest BCUT2D eigenvalue weighted by Crippen LogP contribution is -2.25. The topological polar surface area (TPSA) is 21.3 Å². The van der Waals surface area contributed by atoms with E-state index in [2.05, 4.69) is 21.2 Å². The molecule has 0 fully saturated rings. The monoisotopic (exact) mass is 363 g/mol. The van der Waals surface area contributed by atoms with Gasteiger partial charge in [0.15, 0.2) is 0 Å². The number of nitrogens with one attached hydrogen (secondary N) is 1. The van der Waals surface area contributed by atoms with Crippen molar-refractivity contribution in [1.82, 2.24) is 5.32 Å². The molecule has 0 spiro atoms. The van der Waals surface area contributed by atoms with Crippen molar-refractivity contribution in [3.63, 3.8) is 0 Å². The van der Waals surface area contributed by atoms with E-state index in [4.69, 9.17) is 4.74 Å². The van der Waals surface area contributed by atoms with E-state index in [-0.39, 0.29) is 10.5 Å². The summed E-state index contributed by atoms with van der Waals surface area (Å²) in [6, 6.07) is 3.96. The van der Waals surface area contributed by atoms with Gasteiger partial charge < -0.3 is 10.1 Å². The second kappa shape index (κ2) is 6.83. The number of likely N-dealkylation sites (N-methyl/N-ethyl adjacent to an activating group) is 1. The van der Waals surface area contributed by atoms with E-state index < -0.39 is 11.7 Å². The Morgan fingerprint density at radius 1 is 1.38 bits per heavy atom. The van der Waals surface area contributed by atoms with E-state index in [0.717, 1.165) is 12.8 Å². The fourth-order valence-electron chi connectivity index (χ4n) is 2.30. The summed E-state index contributed by atoms with van der Waals surface area (Å²) in [6.45, 7) is 3.17. The summed E-state index contributed by atoms with van der Waals surface area (Å²) in [7, 11) is 0. The number of halogens is 4. The summed E-state index contributed by atoms with van der Waals surface area (Å²) in [5.41, 5.74) is -0.111. The lowest BCUT2D eigenvalue weighted by Gasteiger charge is -2.25. The van der Waals surface area contributed by atoms with Crippen molar-refractivity contribution in [3.05, 3.63) is 45.6 Å². The minimum absolute atomic E-state index is 0.0486. The number of ether oxygens (including phenoxy) is 1. The molecule has 1 aromatic rings. The first-order valence-electron chi connectivity index (χ1n) is 6.86. The zero-order chi connectivity index (χ0) is 15.5. The van der Waals surface area contributed by atoms with Crippen molar-refractivity contribution in [2.45, 2.75) is 32.0 Å². The third kappa shape index (κ3) is 4.01. The Hall–Kier alpha value is -1.01. The average molecular weight is 364 g/mol. The van der Waals surface area contributed by atoms with Gasteiger partial charge in [-0.25, -0.2) is 0 Å². The van der Waals surface area contributed by atoms with Crippen LogP contribution in [0.4, 0.5) is 13.2 Å². The first-order chi connectivity index (χ1) is 9.93. The minimum Gasteiger partial charge on any atom is -0.496 e. The number of allylic oxidation sites excluding steroid dienone is 1. The van der Waals surface area contributed by atoms with Crippen molar-refractivity contribution in [3.8, 4) is 0 Å². The predicted octanol–water partition coefficient (Wildman–Crippen LogP) is 4.81. The van der Waals surface area contributed by atoms with Gasteiger partial charge in [0.05, 0.1) is 18.2 Å². The van der Waals surface area contributed by atoms with Gasteiger partial charge in [0.2, 0.25) is 0 Å². The minimum atomic E-state index is -4.38. The van der Waals surface area contributed by atoms with E-state index >= 15 is 0 Å². The molecule has 21 heavy (non-hydrogen) atoms. The van der Waals surface area contributed by atoms with Gasteiger partial charge in [-0.3, -0.25) is 0 Å². The van der Waals surface area contributed by atoms with Crippen LogP contribution in [-0.2, 0) is 10.9 Å². The fraction of sp³-hybridized carbons (Fsp3) is 0.467. The Balaban J connectivity index is 2.38. The summed E-state index contributed by atoms with van der Waals surface area (Å²) < 4.78 is 44.7. The average Bonchev–Trinajstić information content (AvgIpc) is 2.45. The van der Waals surface area contributed by atoms with Crippen molar-refractivity contribution in [1.29, 1.82) is 0 Å². The lowest BCUT2D eigenvalue weighted by atomic mass is 10.00. The molecule has 0 aliphatic carbocycles. The van der Waals surface area contributed by atoms with Crippen LogP contribution in [0.3, 0.4) is 0 Å². The quantitative estimate of drug-likeness (QED) is 0.828. The van der Waals surface area contributed by atoms with Gasteiger partial charge in [0.25, 0.3) is 0 Å². The maximum absolute atomic E-state index is 13.0. The van der Waals surface area contributed by atoms with Crippen LogP contribution in [0.15, 0.2) is 34.5 Å². The van der Waals surface area contributed by atoms with E-state index in [1.165, 1.54) is 12.1 Å². The van der Waals surface area contributed by atoms with Crippen LogP contribution < -0.4 is 5.32 Å². The Morgan fingerprint density at radius 3 is 2.71 bits per heavy atom. The van der Waals surface area contributed by atoms with Crippen LogP contribution in [0.1, 0.15) is 36.9 Å². The van der Waals surface area contributed by atoms with E-state index in [0.29, 0.717) is 24.5 Å². The molecule has 2 nitrogen and oxygen atoms in total. The molecule has 1 unspecified atom stereocenters. The highest BCUT2D eigenvalue weighted by Gasteiger charge is 2.34. The number of hydrogen-bond acceptors (Lipinski definition) is 2. The summed E-state index contributed by atoms with van der Waals surface area (Å²) in [4.78, 5) is 0. The number of alkyl halides is 3. The van der Waals surface area contributed by atoms with Crippen LogP contribution >= 0.6 is 15.9 Å². The molecule has 1 heterocycles. The summed E-state index contributed by atoms with van der Waals surface area (Å²) in [6.07, 6.45) is -0.601. The van der Waals surface area contributed by atoms with Crippen molar-refractivity contribution in [2.24, 2.45) is 0 Å². The van der Waals surface area contributed by atoms with Crippen LogP contribution in [0.5, 0.6) is 0 Å². The maximum Gasteiger partial charge on any atom is 0.417 e. The molecule has 6 heteroatoms. The van der Waals surface area contributed by atoms with Crippen LogP contribution in [0.2, 0.25) is 0 Å². The van der Waals surface area contributed by atoms with E-state index in [1.807, 2.05) is 13.0 Å². The molecular formula is C15H17BrF3NO. The van der Waals surface area contributed by atoms with Crippen LogP contribution in [0, 0.1) is 0 Å². The third-order valence-corrected chi connectivity index (χ3v) is 3.98. The number of hydrogen-bond donors (Lipinski definition) is 1. The third-order valence-electron chi connectivity index (χ3n) is 3.28. The van der Waals surface area contributed by atoms with Gasteiger partial charge in [-0.05, 0) is 43.2 Å². The number of benzene rings is 1. The molecule has 0 aromatic heterocycles. The van der Waals surface area contributed by atoms with Gasteiger partial charge in [0.1, 0.15) is 5.76 Å². The highest BCUT2D eigenvalue weighted by atomic mass is 79.9. The maximum atomic E-state index is 13.0. The molecule has 1 aliphatic heterocycles. The van der Waals surface area contributed by atoms with Crippen molar-refractivity contribution in [2.75, 3.05) is 13.2 Å². The molecule has 1 N–H and O–H groups in total. The Bertz CT molecular complexity index is 528. The Labute approximate surface area is 130 Å². The lowest BCUT2D eigenvalue weighted by molar-refractivity contribution is -0.138.